The van der Waals surface area contributed by atoms with Crippen LogP contribution in [0, 0.1) is 0 Å². The number of nitrogen functional groups attached to an aromatic ring is 1. The van der Waals surface area contributed by atoms with Crippen LogP contribution in [0.25, 0.3) is 0 Å². The summed E-state index contributed by atoms with van der Waals surface area (Å²) >= 11 is 12.4. The van der Waals surface area contributed by atoms with Gasteiger partial charge in [0.2, 0.25) is 0 Å². The lowest BCUT2D eigenvalue weighted by Gasteiger charge is -2.24. The van der Waals surface area contributed by atoms with E-state index in [0.717, 1.165) is 25.9 Å². The number of anilines is 2. The third kappa shape index (κ3) is 2.93. The van der Waals surface area contributed by atoms with Gasteiger partial charge in [-0.15, -0.1) is 0 Å². The summed E-state index contributed by atoms with van der Waals surface area (Å²) in [5.74, 6) is 6.60. The Balaban J connectivity index is 1.97. The van der Waals surface area contributed by atoms with E-state index in [4.69, 9.17) is 29.0 Å². The van der Waals surface area contributed by atoms with Gasteiger partial charge in [0.1, 0.15) is 5.82 Å². The molecule has 1 aliphatic heterocycles. The maximum Gasteiger partial charge on any atom is 0.161 e. The fourth-order valence-electron chi connectivity index (χ4n) is 2.66. The second kappa shape index (κ2) is 6.10. The van der Waals surface area contributed by atoms with Gasteiger partial charge in [-0.3, -0.25) is 0 Å². The van der Waals surface area contributed by atoms with Crippen LogP contribution in [0.5, 0.6) is 0 Å². The number of nitrogens with one attached hydrogen (secondary N) is 1. The third-order valence-electron chi connectivity index (χ3n) is 3.70. The predicted octanol–water partition coefficient (Wildman–Crippen LogP) is 3.63. The normalized spacial score (nSPS) is 14.5. The largest absolute Gasteiger partial charge is 0.351 e. The SMILES string of the molecule is NNc1nc(N2CCCc3ccccc3C2)c(Cl)cc1Cl. The van der Waals surface area contributed by atoms with Crippen LogP contribution in [0.1, 0.15) is 17.5 Å². The van der Waals surface area contributed by atoms with Crippen LogP contribution in [-0.4, -0.2) is 11.5 Å². The average Bonchev–Trinajstić information content (AvgIpc) is 2.69. The van der Waals surface area contributed by atoms with Crippen molar-refractivity contribution in [2.45, 2.75) is 19.4 Å². The minimum absolute atomic E-state index is 0.418. The summed E-state index contributed by atoms with van der Waals surface area (Å²) in [6.07, 6.45) is 2.13. The van der Waals surface area contributed by atoms with Crippen LogP contribution in [0.15, 0.2) is 30.3 Å². The summed E-state index contributed by atoms with van der Waals surface area (Å²) < 4.78 is 0. The lowest BCUT2D eigenvalue weighted by atomic mass is 10.0. The monoisotopic (exact) mass is 322 g/mol. The standard InChI is InChI=1S/C15H16Cl2N4/c16-12-8-13(17)15(19-14(12)20-18)21-7-3-6-10-4-1-2-5-11(10)9-21/h1-2,4-5,8H,3,6-7,9,18H2,(H,19,20). The highest BCUT2D eigenvalue weighted by molar-refractivity contribution is 6.37. The molecule has 0 aliphatic carbocycles. The molecule has 2 heterocycles. The fraction of sp³-hybridized carbons (Fsp3) is 0.267. The van der Waals surface area contributed by atoms with Crippen molar-refractivity contribution in [1.29, 1.82) is 0 Å². The smallest absolute Gasteiger partial charge is 0.161 e. The van der Waals surface area contributed by atoms with E-state index < -0.39 is 0 Å². The molecular formula is C15H16Cl2N4. The second-order valence-corrected chi connectivity index (χ2v) is 5.88. The lowest BCUT2D eigenvalue weighted by molar-refractivity contribution is 0.755. The minimum Gasteiger partial charge on any atom is -0.351 e. The molecule has 1 aromatic heterocycles. The Hall–Kier alpha value is -1.49. The van der Waals surface area contributed by atoms with Crippen molar-refractivity contribution in [3.8, 4) is 0 Å². The highest BCUT2D eigenvalue weighted by Gasteiger charge is 2.19. The van der Waals surface area contributed by atoms with Crippen molar-refractivity contribution >= 4 is 34.8 Å². The predicted molar refractivity (Wildman–Crippen MR) is 87.9 cm³/mol. The summed E-state index contributed by atoms with van der Waals surface area (Å²) in [5, 5.41) is 0.958. The van der Waals surface area contributed by atoms with Gasteiger partial charge in [-0.05, 0) is 30.0 Å². The molecule has 0 saturated carbocycles. The van der Waals surface area contributed by atoms with E-state index in [9.17, 15) is 0 Å². The first-order chi connectivity index (χ1) is 10.2. The van der Waals surface area contributed by atoms with Crippen molar-refractivity contribution in [2.24, 2.45) is 5.84 Å². The molecule has 0 bridgehead atoms. The molecule has 3 N–H and O–H groups in total. The van der Waals surface area contributed by atoms with Gasteiger partial charge >= 0.3 is 0 Å². The molecule has 110 valence electrons. The molecule has 3 rings (SSSR count). The van der Waals surface area contributed by atoms with Crippen molar-refractivity contribution < 1.29 is 0 Å². The van der Waals surface area contributed by atoms with Gasteiger partial charge in [0.15, 0.2) is 5.82 Å². The van der Waals surface area contributed by atoms with Gasteiger partial charge in [-0.2, -0.15) is 0 Å². The first-order valence-electron chi connectivity index (χ1n) is 6.83. The van der Waals surface area contributed by atoms with Crippen LogP contribution in [0.2, 0.25) is 10.0 Å². The molecule has 0 spiro atoms. The van der Waals surface area contributed by atoms with E-state index in [1.807, 2.05) is 0 Å². The number of rotatable bonds is 2. The number of aryl methyl sites for hydroxylation is 1. The highest BCUT2D eigenvalue weighted by Crippen LogP contribution is 2.33. The average molecular weight is 323 g/mol. The Morgan fingerprint density at radius 1 is 1.14 bits per heavy atom. The summed E-state index contributed by atoms with van der Waals surface area (Å²) in [5.41, 5.74) is 5.21. The van der Waals surface area contributed by atoms with E-state index in [2.05, 4.69) is 39.6 Å². The van der Waals surface area contributed by atoms with Gasteiger partial charge in [-0.1, -0.05) is 47.5 Å². The Morgan fingerprint density at radius 2 is 1.90 bits per heavy atom. The molecular weight excluding hydrogens is 307 g/mol. The van der Waals surface area contributed by atoms with E-state index >= 15 is 0 Å². The number of hydrazine groups is 1. The Labute approximate surface area is 133 Å². The van der Waals surface area contributed by atoms with Crippen molar-refractivity contribution in [3.05, 3.63) is 51.5 Å². The van der Waals surface area contributed by atoms with E-state index in [1.54, 1.807) is 6.07 Å². The van der Waals surface area contributed by atoms with Crippen LogP contribution in [0.3, 0.4) is 0 Å². The van der Waals surface area contributed by atoms with Gasteiger partial charge in [-0.25, -0.2) is 10.8 Å². The van der Waals surface area contributed by atoms with Crippen LogP contribution >= 0.6 is 23.2 Å². The number of pyridine rings is 1. The molecule has 0 saturated heterocycles. The van der Waals surface area contributed by atoms with E-state index in [-0.39, 0.29) is 0 Å². The fourth-order valence-corrected chi connectivity index (χ4v) is 3.19. The van der Waals surface area contributed by atoms with Gasteiger partial charge in [0, 0.05) is 13.1 Å². The minimum atomic E-state index is 0.418. The molecule has 21 heavy (non-hydrogen) atoms. The van der Waals surface area contributed by atoms with Crippen molar-refractivity contribution in [3.63, 3.8) is 0 Å². The summed E-state index contributed by atoms with van der Waals surface area (Å²) in [4.78, 5) is 6.63. The highest BCUT2D eigenvalue weighted by atomic mass is 35.5. The number of benzene rings is 1. The Morgan fingerprint density at radius 3 is 2.67 bits per heavy atom. The number of halogens is 2. The molecule has 1 aromatic carbocycles. The summed E-state index contributed by atoms with van der Waals surface area (Å²) in [6, 6.07) is 10.2. The molecule has 0 unspecified atom stereocenters. The maximum absolute atomic E-state index is 6.31. The zero-order chi connectivity index (χ0) is 14.8. The number of aromatic nitrogens is 1. The van der Waals surface area contributed by atoms with E-state index in [0.29, 0.717) is 21.7 Å². The van der Waals surface area contributed by atoms with Gasteiger partial charge in [0.25, 0.3) is 0 Å². The van der Waals surface area contributed by atoms with Crippen molar-refractivity contribution in [1.82, 2.24) is 4.98 Å². The second-order valence-electron chi connectivity index (χ2n) is 5.06. The van der Waals surface area contributed by atoms with E-state index in [1.165, 1.54) is 11.1 Å². The number of nitrogens with two attached hydrogens (primary N) is 1. The zero-order valence-corrected chi connectivity index (χ0v) is 13.0. The third-order valence-corrected chi connectivity index (χ3v) is 4.27. The molecule has 0 amide bonds. The Kier molecular flexibility index (Phi) is 4.19. The van der Waals surface area contributed by atoms with Crippen molar-refractivity contribution in [2.75, 3.05) is 16.9 Å². The molecule has 4 nitrogen and oxygen atoms in total. The van der Waals surface area contributed by atoms with Crippen LogP contribution < -0.4 is 16.2 Å². The number of nitrogens with zero attached hydrogens (tertiary/aromatic N) is 2. The first kappa shape index (κ1) is 14.4. The molecule has 0 fully saturated rings. The zero-order valence-electron chi connectivity index (χ0n) is 11.4. The molecule has 0 atom stereocenters. The van der Waals surface area contributed by atoms with Gasteiger partial charge < -0.3 is 10.3 Å². The Bertz CT molecular complexity index is 660. The first-order valence-corrected chi connectivity index (χ1v) is 7.59. The number of hydrogen-bond acceptors (Lipinski definition) is 4. The number of hydrogen-bond donors (Lipinski definition) is 2. The molecule has 1 aliphatic rings. The molecule has 6 heteroatoms. The maximum atomic E-state index is 6.31. The topological polar surface area (TPSA) is 54.2 Å². The lowest BCUT2D eigenvalue weighted by Crippen LogP contribution is -2.24. The van der Waals surface area contributed by atoms with Gasteiger partial charge in [0.05, 0.1) is 10.0 Å². The summed E-state index contributed by atoms with van der Waals surface area (Å²) in [7, 11) is 0. The molecule has 0 radical (unpaired) electrons. The number of fused-ring (bicyclic) bond motifs is 1. The molecule has 2 aromatic rings. The van der Waals surface area contributed by atoms with Crippen LogP contribution in [0.4, 0.5) is 11.6 Å². The van der Waals surface area contributed by atoms with Crippen LogP contribution in [-0.2, 0) is 13.0 Å². The quantitative estimate of drug-likeness (QED) is 0.655. The summed E-state index contributed by atoms with van der Waals surface area (Å²) in [6.45, 7) is 1.68.